The first-order valence-electron chi connectivity index (χ1n) is 9.21. The molecule has 9 heteroatoms. The molecule has 1 saturated carbocycles. The maximum atomic E-state index is 5.15. The maximum Gasteiger partial charge on any atom is 0.232 e. The van der Waals surface area contributed by atoms with Gasteiger partial charge in [0.05, 0.1) is 24.2 Å². The third kappa shape index (κ3) is 3.97. The Balaban J connectivity index is 1.57. The van der Waals surface area contributed by atoms with E-state index in [0.29, 0.717) is 30.1 Å². The minimum Gasteiger partial charge on any atom is -0.382 e. The highest BCUT2D eigenvalue weighted by Crippen LogP contribution is 2.36. The summed E-state index contributed by atoms with van der Waals surface area (Å²) in [5.41, 5.74) is 0.735. The Labute approximate surface area is 157 Å². The van der Waals surface area contributed by atoms with Gasteiger partial charge >= 0.3 is 0 Å². The molecule has 3 heterocycles. The zero-order chi connectivity index (χ0) is 18.8. The number of hydrogen-bond donors (Lipinski definition) is 2. The number of hydrogen-bond acceptors (Lipinski definition) is 7. The van der Waals surface area contributed by atoms with Crippen LogP contribution in [-0.4, -0.2) is 49.9 Å². The van der Waals surface area contributed by atoms with E-state index in [1.54, 1.807) is 11.8 Å². The predicted molar refractivity (Wildman–Crippen MR) is 104 cm³/mol. The van der Waals surface area contributed by atoms with Crippen LogP contribution in [0.1, 0.15) is 32.7 Å². The number of anilines is 2. The van der Waals surface area contributed by atoms with Gasteiger partial charge in [0.2, 0.25) is 5.95 Å². The highest BCUT2D eigenvalue weighted by molar-refractivity contribution is 5.88. The quantitative estimate of drug-likeness (QED) is 0.591. The summed E-state index contributed by atoms with van der Waals surface area (Å²) in [6.07, 6.45) is 8.24. The van der Waals surface area contributed by atoms with Gasteiger partial charge in [-0.3, -0.25) is 0 Å². The summed E-state index contributed by atoms with van der Waals surface area (Å²) in [6, 6.07) is 2.03. The molecule has 1 fully saturated rings. The molecule has 2 atom stereocenters. The minimum absolute atomic E-state index is 0.0916. The molecule has 0 aromatic carbocycles. The van der Waals surface area contributed by atoms with Crippen molar-refractivity contribution in [3.63, 3.8) is 0 Å². The topological polar surface area (TPSA) is 106 Å². The predicted octanol–water partition coefficient (Wildman–Crippen LogP) is 3.25. The van der Waals surface area contributed by atoms with E-state index in [1.165, 1.54) is 12.8 Å². The average Bonchev–Trinajstić information content (AvgIpc) is 3.22. The Morgan fingerprint density at radius 2 is 2.26 bits per heavy atom. The Bertz CT molecular complexity index is 942. The zero-order valence-corrected chi connectivity index (χ0v) is 15.8. The molecule has 2 N–H and O–H groups in total. The molecule has 142 valence electrons. The van der Waals surface area contributed by atoms with Gasteiger partial charge < -0.3 is 15.0 Å². The van der Waals surface area contributed by atoms with Gasteiger partial charge in [-0.25, -0.2) is 9.67 Å². The van der Waals surface area contributed by atoms with Crippen molar-refractivity contribution in [3.8, 4) is 0 Å². The highest BCUT2D eigenvalue weighted by atomic mass is 16.5. The van der Waals surface area contributed by atoms with Crippen LogP contribution in [0.25, 0.3) is 11.0 Å². The van der Waals surface area contributed by atoms with E-state index < -0.39 is 0 Å². The lowest BCUT2D eigenvalue weighted by molar-refractivity contribution is 0.156. The largest absolute Gasteiger partial charge is 0.382 e. The van der Waals surface area contributed by atoms with Crippen molar-refractivity contribution in [1.29, 1.82) is 0 Å². The van der Waals surface area contributed by atoms with E-state index in [4.69, 9.17) is 4.74 Å². The standard InChI is InChI=1S/C18H24N8O/c1-11(13-4-5-13)8-20-17-14-6-7-19-16(14)22-18(23-17)21-15-9-26(25-24-15)12(2)10-27-3/h6-9,11-13H,4-5,10H2,1-3H3,(H2,19,21,22,23)/b20-8-/t11-,12-/m1/s1. The first-order valence-corrected chi connectivity index (χ1v) is 9.21. The average molecular weight is 368 g/mol. The van der Waals surface area contributed by atoms with Crippen LogP contribution in [0, 0.1) is 11.8 Å². The summed E-state index contributed by atoms with van der Waals surface area (Å²) >= 11 is 0. The maximum absolute atomic E-state index is 5.15. The molecule has 0 amide bonds. The van der Waals surface area contributed by atoms with Gasteiger partial charge in [-0.15, -0.1) is 5.10 Å². The molecule has 4 rings (SSSR count). The molecular weight excluding hydrogens is 344 g/mol. The van der Waals surface area contributed by atoms with Crippen molar-refractivity contribution in [2.45, 2.75) is 32.7 Å². The van der Waals surface area contributed by atoms with Crippen molar-refractivity contribution in [2.75, 3.05) is 19.0 Å². The molecular formula is C18H24N8O. The summed E-state index contributed by atoms with van der Waals surface area (Å²) in [7, 11) is 1.66. The number of aromatic nitrogens is 6. The van der Waals surface area contributed by atoms with E-state index in [0.717, 1.165) is 17.0 Å². The molecule has 0 spiro atoms. The third-order valence-corrected chi connectivity index (χ3v) is 4.80. The highest BCUT2D eigenvalue weighted by Gasteiger charge is 2.26. The first-order chi connectivity index (χ1) is 13.1. The smallest absolute Gasteiger partial charge is 0.232 e. The fourth-order valence-corrected chi connectivity index (χ4v) is 2.99. The summed E-state index contributed by atoms with van der Waals surface area (Å²) < 4.78 is 6.90. The lowest BCUT2D eigenvalue weighted by Gasteiger charge is -2.08. The van der Waals surface area contributed by atoms with Crippen molar-refractivity contribution >= 4 is 34.8 Å². The van der Waals surface area contributed by atoms with Crippen LogP contribution in [0.3, 0.4) is 0 Å². The van der Waals surface area contributed by atoms with Crippen LogP contribution in [0.15, 0.2) is 23.5 Å². The van der Waals surface area contributed by atoms with Crippen LogP contribution in [0.4, 0.5) is 17.6 Å². The lowest BCUT2D eigenvalue weighted by Crippen LogP contribution is -2.11. The van der Waals surface area contributed by atoms with Crippen LogP contribution < -0.4 is 5.32 Å². The van der Waals surface area contributed by atoms with E-state index in [9.17, 15) is 0 Å². The molecule has 1 aliphatic carbocycles. The molecule has 9 nitrogen and oxygen atoms in total. The lowest BCUT2D eigenvalue weighted by atomic mass is 10.1. The van der Waals surface area contributed by atoms with Crippen molar-refractivity contribution in [3.05, 3.63) is 18.5 Å². The number of aromatic amines is 1. The fraction of sp³-hybridized carbons (Fsp3) is 0.500. The Morgan fingerprint density at radius 1 is 1.41 bits per heavy atom. The minimum atomic E-state index is 0.0916. The Hall–Kier alpha value is -2.81. The number of H-pyrrole nitrogens is 1. The second kappa shape index (κ2) is 7.43. The number of ether oxygens (including phenoxy) is 1. The van der Waals surface area contributed by atoms with Crippen LogP contribution in [0.5, 0.6) is 0 Å². The van der Waals surface area contributed by atoms with Crippen molar-refractivity contribution < 1.29 is 4.74 Å². The number of nitrogens with zero attached hydrogens (tertiary/aromatic N) is 6. The SMILES string of the molecule is COC[C@@H](C)n1cc(Nc2nc(/N=C\[C@@H](C)C3CC3)c3cc[nH]c3n2)nn1. The van der Waals surface area contributed by atoms with E-state index >= 15 is 0 Å². The normalized spacial score (nSPS) is 16.9. The first kappa shape index (κ1) is 17.6. The van der Waals surface area contributed by atoms with Gasteiger partial charge in [-0.05, 0) is 37.7 Å². The van der Waals surface area contributed by atoms with Crippen molar-refractivity contribution in [2.24, 2.45) is 16.8 Å². The van der Waals surface area contributed by atoms with Gasteiger partial charge in [-0.1, -0.05) is 12.1 Å². The number of nitrogens with one attached hydrogen (secondary N) is 2. The summed E-state index contributed by atoms with van der Waals surface area (Å²) in [6.45, 7) is 4.78. The molecule has 1 aliphatic rings. The summed E-state index contributed by atoms with van der Waals surface area (Å²) in [4.78, 5) is 16.8. The Kier molecular flexibility index (Phi) is 4.85. The van der Waals surface area contributed by atoms with Gasteiger partial charge in [0, 0.05) is 19.5 Å². The molecule has 3 aromatic rings. The second-order valence-electron chi connectivity index (χ2n) is 7.10. The van der Waals surface area contributed by atoms with Gasteiger partial charge in [0.25, 0.3) is 0 Å². The van der Waals surface area contributed by atoms with Gasteiger partial charge in [0.1, 0.15) is 5.65 Å². The molecule has 27 heavy (non-hydrogen) atoms. The molecule has 0 saturated heterocycles. The zero-order valence-electron chi connectivity index (χ0n) is 15.8. The van der Waals surface area contributed by atoms with Crippen LogP contribution >= 0.6 is 0 Å². The monoisotopic (exact) mass is 368 g/mol. The van der Waals surface area contributed by atoms with Crippen LogP contribution in [0.2, 0.25) is 0 Å². The Morgan fingerprint density at radius 3 is 3.04 bits per heavy atom. The van der Waals surface area contributed by atoms with Gasteiger partial charge in [0.15, 0.2) is 11.6 Å². The van der Waals surface area contributed by atoms with Crippen LogP contribution in [-0.2, 0) is 4.74 Å². The third-order valence-electron chi connectivity index (χ3n) is 4.80. The molecule has 0 aliphatic heterocycles. The number of aliphatic imine (C=N–C) groups is 1. The molecule has 3 aromatic heterocycles. The molecule has 0 bridgehead atoms. The number of fused-ring (bicyclic) bond motifs is 1. The van der Waals surface area contributed by atoms with Crippen molar-refractivity contribution in [1.82, 2.24) is 29.9 Å². The van der Waals surface area contributed by atoms with E-state index in [-0.39, 0.29) is 6.04 Å². The molecule has 0 unspecified atom stereocenters. The van der Waals surface area contributed by atoms with Gasteiger partial charge in [-0.2, -0.15) is 9.97 Å². The summed E-state index contributed by atoms with van der Waals surface area (Å²) in [5.74, 6) is 2.88. The fourth-order valence-electron chi connectivity index (χ4n) is 2.99. The molecule has 0 radical (unpaired) electrons. The second-order valence-corrected chi connectivity index (χ2v) is 7.10. The number of rotatable bonds is 8. The summed E-state index contributed by atoms with van der Waals surface area (Å²) in [5, 5.41) is 12.3. The number of methoxy groups -OCH3 is 1. The van der Waals surface area contributed by atoms with E-state index in [1.807, 2.05) is 31.6 Å². The van der Waals surface area contributed by atoms with E-state index in [2.05, 4.69) is 42.5 Å².